The van der Waals surface area contributed by atoms with Gasteiger partial charge in [-0.1, -0.05) is 77.8 Å². The van der Waals surface area contributed by atoms with Gasteiger partial charge in [0.15, 0.2) is 0 Å². The van der Waals surface area contributed by atoms with Crippen LogP contribution in [0.1, 0.15) is 37.7 Å². The van der Waals surface area contributed by atoms with Crippen molar-refractivity contribution in [2.75, 3.05) is 7.11 Å². The SMILES string of the molecule is COC(=O)c1ccc(Cn2cc(-c3ccc(Cl)cc3Cl)nc2C=Cc2ccc(-c3cccc(C(=O)O)c3)cc2)cc1. The zero-order valence-corrected chi connectivity index (χ0v) is 23.4. The van der Waals surface area contributed by atoms with Gasteiger partial charge in [-0.2, -0.15) is 0 Å². The molecule has 6 nitrogen and oxygen atoms in total. The van der Waals surface area contributed by atoms with Crippen LogP contribution in [0.25, 0.3) is 34.5 Å². The number of carbonyl (C=O) groups excluding carboxylic acids is 1. The van der Waals surface area contributed by atoms with E-state index >= 15 is 0 Å². The molecule has 41 heavy (non-hydrogen) atoms. The Kier molecular flexibility index (Phi) is 8.34. The Labute approximate surface area is 247 Å². The molecule has 0 unspecified atom stereocenters. The van der Waals surface area contributed by atoms with E-state index in [-0.39, 0.29) is 11.5 Å². The highest BCUT2D eigenvalue weighted by atomic mass is 35.5. The van der Waals surface area contributed by atoms with Crippen molar-refractivity contribution >= 4 is 47.3 Å². The van der Waals surface area contributed by atoms with Crippen LogP contribution in [0.4, 0.5) is 0 Å². The lowest BCUT2D eigenvalue weighted by atomic mass is 10.0. The molecule has 4 aromatic carbocycles. The maximum Gasteiger partial charge on any atom is 0.337 e. The van der Waals surface area contributed by atoms with Crippen LogP contribution in [0.3, 0.4) is 0 Å². The summed E-state index contributed by atoms with van der Waals surface area (Å²) in [4.78, 5) is 28.0. The van der Waals surface area contributed by atoms with Crippen LogP contribution in [0.2, 0.25) is 10.0 Å². The number of benzene rings is 4. The van der Waals surface area contributed by atoms with Crippen molar-refractivity contribution in [2.45, 2.75) is 6.54 Å². The molecule has 0 saturated heterocycles. The summed E-state index contributed by atoms with van der Waals surface area (Å²) < 4.78 is 6.81. The molecule has 0 atom stereocenters. The molecule has 1 heterocycles. The van der Waals surface area contributed by atoms with E-state index in [9.17, 15) is 14.7 Å². The summed E-state index contributed by atoms with van der Waals surface area (Å²) >= 11 is 12.6. The Morgan fingerprint density at radius 3 is 2.32 bits per heavy atom. The van der Waals surface area contributed by atoms with Crippen LogP contribution in [-0.4, -0.2) is 33.7 Å². The molecule has 0 aliphatic rings. The number of aromatic carboxylic acids is 1. The van der Waals surface area contributed by atoms with Gasteiger partial charge in [-0.3, -0.25) is 0 Å². The van der Waals surface area contributed by atoms with Crippen molar-refractivity contribution in [1.82, 2.24) is 9.55 Å². The highest BCUT2D eigenvalue weighted by Gasteiger charge is 2.13. The maximum atomic E-state index is 11.8. The second-order valence-corrected chi connectivity index (χ2v) is 10.1. The number of rotatable bonds is 8. The van der Waals surface area contributed by atoms with Gasteiger partial charge in [0.1, 0.15) is 5.82 Å². The lowest BCUT2D eigenvalue weighted by molar-refractivity contribution is 0.0599. The topological polar surface area (TPSA) is 81.4 Å². The maximum absolute atomic E-state index is 11.8. The van der Waals surface area contributed by atoms with E-state index in [4.69, 9.17) is 32.9 Å². The number of hydrogen-bond donors (Lipinski definition) is 1. The van der Waals surface area contributed by atoms with Gasteiger partial charge in [0.05, 0.1) is 29.0 Å². The van der Waals surface area contributed by atoms with E-state index in [1.165, 1.54) is 7.11 Å². The van der Waals surface area contributed by atoms with Gasteiger partial charge in [0.2, 0.25) is 0 Å². The third-order valence-corrected chi connectivity index (χ3v) is 7.07. The predicted octanol–water partition coefficient (Wildman–Crippen LogP) is 8.23. The van der Waals surface area contributed by atoms with Crippen molar-refractivity contribution in [3.8, 4) is 22.4 Å². The van der Waals surface area contributed by atoms with Gasteiger partial charge in [0.25, 0.3) is 0 Å². The number of ether oxygens (including phenoxy) is 1. The Hall–Kier alpha value is -4.65. The lowest BCUT2D eigenvalue weighted by Gasteiger charge is -2.07. The fourth-order valence-electron chi connectivity index (χ4n) is 4.37. The van der Waals surface area contributed by atoms with E-state index in [1.54, 1.807) is 42.5 Å². The van der Waals surface area contributed by atoms with E-state index in [1.807, 2.05) is 71.4 Å². The number of carboxylic acid groups (broad SMARTS) is 1. The molecule has 0 saturated carbocycles. The number of carbonyl (C=O) groups is 2. The normalized spacial score (nSPS) is 11.1. The minimum Gasteiger partial charge on any atom is -0.478 e. The van der Waals surface area contributed by atoms with Crippen molar-refractivity contribution in [1.29, 1.82) is 0 Å². The van der Waals surface area contributed by atoms with Gasteiger partial charge in [0, 0.05) is 23.3 Å². The molecule has 5 aromatic rings. The molecule has 0 fully saturated rings. The quantitative estimate of drug-likeness (QED) is 0.186. The van der Waals surface area contributed by atoms with Crippen LogP contribution in [0.5, 0.6) is 0 Å². The predicted molar refractivity (Wildman–Crippen MR) is 162 cm³/mol. The van der Waals surface area contributed by atoms with Crippen LogP contribution in [0.15, 0.2) is 97.2 Å². The first kappa shape index (κ1) is 27.9. The van der Waals surface area contributed by atoms with Gasteiger partial charge < -0.3 is 14.4 Å². The second-order valence-electron chi connectivity index (χ2n) is 9.27. The van der Waals surface area contributed by atoms with Crippen LogP contribution in [-0.2, 0) is 11.3 Å². The number of halogens is 2. The zero-order chi connectivity index (χ0) is 28.9. The lowest BCUT2D eigenvalue weighted by Crippen LogP contribution is -2.03. The molecule has 5 rings (SSSR count). The van der Waals surface area contributed by atoms with Gasteiger partial charge in [-0.25, -0.2) is 14.6 Å². The van der Waals surface area contributed by atoms with Crippen LogP contribution in [0, 0.1) is 0 Å². The van der Waals surface area contributed by atoms with E-state index in [0.29, 0.717) is 33.7 Å². The summed E-state index contributed by atoms with van der Waals surface area (Å²) in [6, 6.07) is 27.2. The molecule has 0 aliphatic heterocycles. The molecule has 1 aromatic heterocycles. The number of esters is 1. The third-order valence-electron chi connectivity index (χ3n) is 6.52. The number of carboxylic acids is 1. The fraction of sp³-hybridized carbons (Fsp3) is 0.0606. The minimum absolute atomic E-state index is 0.245. The van der Waals surface area contributed by atoms with E-state index in [2.05, 4.69) is 0 Å². The Balaban J connectivity index is 1.44. The first-order valence-corrected chi connectivity index (χ1v) is 13.4. The molecular weight excluding hydrogens is 559 g/mol. The van der Waals surface area contributed by atoms with Crippen LogP contribution < -0.4 is 0 Å². The number of imidazole rings is 1. The minimum atomic E-state index is -0.958. The second kappa shape index (κ2) is 12.3. The standard InChI is InChI=1S/C33H24Cl2N2O4/c1-41-33(40)24-12-7-22(8-13-24)19-37-20-30(28-15-14-27(34)18-29(28)35)36-31(37)16-9-21-5-10-23(11-6-21)25-3-2-4-26(17-25)32(38)39/h2-18,20H,19H2,1H3,(H,38,39). The number of aromatic nitrogens is 2. The Bertz CT molecular complexity index is 1760. The molecule has 0 bridgehead atoms. The Morgan fingerprint density at radius 1 is 0.878 bits per heavy atom. The molecule has 0 spiro atoms. The number of hydrogen-bond acceptors (Lipinski definition) is 4. The van der Waals surface area contributed by atoms with Gasteiger partial charge in [-0.05, 0) is 70.8 Å². The summed E-state index contributed by atoms with van der Waals surface area (Å²) in [6.07, 6.45) is 5.82. The summed E-state index contributed by atoms with van der Waals surface area (Å²) in [7, 11) is 1.36. The van der Waals surface area contributed by atoms with Gasteiger partial charge >= 0.3 is 11.9 Å². The summed E-state index contributed by atoms with van der Waals surface area (Å²) in [5, 5.41) is 10.3. The van der Waals surface area contributed by atoms with E-state index < -0.39 is 5.97 Å². The number of methoxy groups -OCH3 is 1. The first-order chi connectivity index (χ1) is 19.8. The monoisotopic (exact) mass is 582 g/mol. The molecule has 1 N–H and O–H groups in total. The number of nitrogens with zero attached hydrogens (tertiary/aromatic N) is 2. The fourth-order valence-corrected chi connectivity index (χ4v) is 4.87. The van der Waals surface area contributed by atoms with Crippen molar-refractivity contribution in [3.63, 3.8) is 0 Å². The van der Waals surface area contributed by atoms with Crippen LogP contribution >= 0.6 is 23.2 Å². The molecular formula is C33H24Cl2N2O4. The molecule has 8 heteroatoms. The first-order valence-electron chi connectivity index (χ1n) is 12.6. The third kappa shape index (κ3) is 6.57. The van der Waals surface area contributed by atoms with E-state index in [0.717, 1.165) is 27.8 Å². The highest BCUT2D eigenvalue weighted by Crippen LogP contribution is 2.30. The van der Waals surface area contributed by atoms with Crippen molar-refractivity contribution in [2.24, 2.45) is 0 Å². The van der Waals surface area contributed by atoms with Crippen molar-refractivity contribution < 1.29 is 19.4 Å². The largest absolute Gasteiger partial charge is 0.478 e. The molecule has 204 valence electrons. The molecule has 0 amide bonds. The average molecular weight is 583 g/mol. The van der Waals surface area contributed by atoms with Crippen molar-refractivity contribution in [3.05, 3.63) is 135 Å². The summed E-state index contributed by atoms with van der Waals surface area (Å²) in [6.45, 7) is 0.512. The smallest absolute Gasteiger partial charge is 0.337 e. The Morgan fingerprint density at radius 2 is 1.63 bits per heavy atom. The summed E-state index contributed by atoms with van der Waals surface area (Å²) in [5.74, 6) is -0.634. The van der Waals surface area contributed by atoms with Gasteiger partial charge in [-0.15, -0.1) is 0 Å². The highest BCUT2D eigenvalue weighted by molar-refractivity contribution is 6.36. The molecule has 0 radical (unpaired) electrons. The zero-order valence-electron chi connectivity index (χ0n) is 21.9. The summed E-state index contributed by atoms with van der Waals surface area (Å²) in [5.41, 5.74) is 5.87. The average Bonchev–Trinajstić information content (AvgIpc) is 3.38. The molecule has 0 aliphatic carbocycles.